The molecule has 1 saturated heterocycles. The molecule has 2 heterocycles. The summed E-state index contributed by atoms with van der Waals surface area (Å²) in [6.07, 6.45) is 3.09. The van der Waals surface area contributed by atoms with Crippen LogP contribution in [0.25, 0.3) is 0 Å². The van der Waals surface area contributed by atoms with Crippen LogP contribution in [-0.4, -0.2) is 23.7 Å². The van der Waals surface area contributed by atoms with Gasteiger partial charge >= 0.3 is 0 Å². The third kappa shape index (κ3) is 1.75. The lowest BCUT2D eigenvalue weighted by Crippen LogP contribution is -2.46. The van der Waals surface area contributed by atoms with Crippen LogP contribution in [-0.2, 0) is 10.3 Å². The zero-order valence-corrected chi connectivity index (χ0v) is 11.3. The number of aliphatic imine (C=N–C) groups is 1. The standard InChI is InChI=1S/C14H15N3OS/c18-12-14(17-13(16-12)15-9-5-6-9)7-8-19-11-4-2-1-3-10(11)14/h1-4,9H,5-8H2,(H2,15,16,17,18). The number of benzene rings is 1. The van der Waals surface area contributed by atoms with Crippen LogP contribution >= 0.6 is 11.8 Å². The van der Waals surface area contributed by atoms with Gasteiger partial charge in [-0.05, 0) is 25.3 Å². The van der Waals surface area contributed by atoms with E-state index in [1.54, 1.807) is 0 Å². The van der Waals surface area contributed by atoms with E-state index in [1.807, 2.05) is 30.0 Å². The second kappa shape index (κ2) is 4.00. The second-order valence-electron chi connectivity index (χ2n) is 5.29. The van der Waals surface area contributed by atoms with E-state index >= 15 is 0 Å². The average molecular weight is 273 g/mol. The van der Waals surface area contributed by atoms with Gasteiger partial charge in [0.05, 0.1) is 6.04 Å². The molecule has 98 valence electrons. The van der Waals surface area contributed by atoms with Gasteiger partial charge in [0.15, 0.2) is 5.96 Å². The molecule has 1 aromatic carbocycles. The number of hydrogen-bond donors (Lipinski definition) is 2. The highest BCUT2D eigenvalue weighted by atomic mass is 32.2. The maximum Gasteiger partial charge on any atom is 0.257 e. The zero-order valence-electron chi connectivity index (χ0n) is 10.5. The van der Waals surface area contributed by atoms with Crippen LogP contribution in [0.4, 0.5) is 0 Å². The van der Waals surface area contributed by atoms with Crippen LogP contribution in [0.5, 0.6) is 0 Å². The molecule has 1 spiro atoms. The Morgan fingerprint density at radius 1 is 1.32 bits per heavy atom. The number of guanidine groups is 1. The first-order valence-electron chi connectivity index (χ1n) is 6.68. The maximum atomic E-state index is 12.5. The van der Waals surface area contributed by atoms with Crippen LogP contribution in [0.3, 0.4) is 0 Å². The van der Waals surface area contributed by atoms with Gasteiger partial charge in [-0.15, -0.1) is 11.8 Å². The molecule has 2 N–H and O–H groups in total. The minimum Gasteiger partial charge on any atom is -0.338 e. The molecule has 4 rings (SSSR count). The van der Waals surface area contributed by atoms with Gasteiger partial charge in [0.1, 0.15) is 5.54 Å². The van der Waals surface area contributed by atoms with Gasteiger partial charge in [-0.1, -0.05) is 18.2 Å². The number of carbonyl (C=O) groups excluding carboxylic acids is 1. The molecule has 1 amide bonds. The molecule has 2 aliphatic heterocycles. The number of hydrogen-bond acceptors (Lipinski definition) is 3. The average Bonchev–Trinajstić information content (AvgIpc) is 3.17. The monoisotopic (exact) mass is 273 g/mol. The van der Waals surface area contributed by atoms with Crippen LogP contribution in [0.2, 0.25) is 0 Å². The Labute approximate surface area is 116 Å². The molecule has 5 heteroatoms. The second-order valence-corrected chi connectivity index (χ2v) is 6.42. The summed E-state index contributed by atoms with van der Waals surface area (Å²) < 4.78 is 0. The first-order chi connectivity index (χ1) is 9.28. The van der Waals surface area contributed by atoms with Gasteiger partial charge in [0.25, 0.3) is 5.91 Å². The fourth-order valence-electron chi connectivity index (χ4n) is 2.71. The van der Waals surface area contributed by atoms with E-state index in [2.05, 4.69) is 21.7 Å². The van der Waals surface area contributed by atoms with E-state index in [9.17, 15) is 4.79 Å². The summed E-state index contributed by atoms with van der Waals surface area (Å²) in [6.45, 7) is 0. The number of carbonyl (C=O) groups is 1. The Hall–Kier alpha value is -1.49. The molecule has 1 unspecified atom stereocenters. The predicted octanol–water partition coefficient (Wildman–Crippen LogP) is 1.62. The van der Waals surface area contributed by atoms with Crippen LogP contribution < -0.4 is 10.6 Å². The summed E-state index contributed by atoms with van der Waals surface area (Å²) >= 11 is 1.82. The Bertz CT molecular complexity index is 582. The van der Waals surface area contributed by atoms with Crippen molar-refractivity contribution in [3.05, 3.63) is 29.8 Å². The smallest absolute Gasteiger partial charge is 0.257 e. The number of rotatable bonds is 1. The maximum absolute atomic E-state index is 12.5. The fraction of sp³-hybridized carbons (Fsp3) is 0.429. The molecule has 1 aromatic rings. The first kappa shape index (κ1) is 11.3. The molecule has 3 aliphatic rings. The summed E-state index contributed by atoms with van der Waals surface area (Å²) in [5.74, 6) is 1.66. The third-order valence-electron chi connectivity index (χ3n) is 3.89. The van der Waals surface area contributed by atoms with Crippen molar-refractivity contribution in [2.24, 2.45) is 4.99 Å². The zero-order chi connectivity index (χ0) is 12.9. The molecule has 0 aromatic heterocycles. The van der Waals surface area contributed by atoms with E-state index in [0.717, 1.165) is 30.6 Å². The van der Waals surface area contributed by atoms with Gasteiger partial charge in [0, 0.05) is 16.2 Å². The summed E-state index contributed by atoms with van der Waals surface area (Å²) in [5, 5.41) is 6.28. The molecular weight excluding hydrogens is 258 g/mol. The van der Waals surface area contributed by atoms with Crippen molar-refractivity contribution in [3.63, 3.8) is 0 Å². The number of nitrogens with zero attached hydrogens (tertiary/aromatic N) is 1. The van der Waals surface area contributed by atoms with Crippen LogP contribution in [0.15, 0.2) is 34.2 Å². The highest BCUT2D eigenvalue weighted by Crippen LogP contribution is 2.41. The molecule has 0 radical (unpaired) electrons. The Kier molecular flexibility index (Phi) is 2.39. The minimum atomic E-state index is -0.602. The third-order valence-corrected chi connectivity index (χ3v) is 4.97. The molecule has 1 saturated carbocycles. The highest BCUT2D eigenvalue weighted by Gasteiger charge is 2.49. The topological polar surface area (TPSA) is 53.5 Å². The van der Waals surface area contributed by atoms with Crippen molar-refractivity contribution in [1.82, 2.24) is 10.6 Å². The van der Waals surface area contributed by atoms with E-state index in [1.165, 1.54) is 4.90 Å². The normalized spacial score (nSPS) is 31.2. The lowest BCUT2D eigenvalue weighted by atomic mass is 9.87. The van der Waals surface area contributed by atoms with E-state index in [-0.39, 0.29) is 5.91 Å². The first-order valence-corrected chi connectivity index (χ1v) is 7.66. The number of fused-ring (bicyclic) bond motifs is 2. The Morgan fingerprint density at radius 2 is 2.16 bits per heavy atom. The van der Waals surface area contributed by atoms with Crippen molar-refractivity contribution in [1.29, 1.82) is 0 Å². The molecule has 19 heavy (non-hydrogen) atoms. The van der Waals surface area contributed by atoms with Gasteiger partial charge in [-0.3, -0.25) is 10.1 Å². The van der Waals surface area contributed by atoms with E-state index in [0.29, 0.717) is 12.0 Å². The largest absolute Gasteiger partial charge is 0.338 e. The lowest BCUT2D eigenvalue weighted by molar-refractivity contribution is -0.124. The van der Waals surface area contributed by atoms with Gasteiger partial charge in [0.2, 0.25) is 0 Å². The van der Waals surface area contributed by atoms with Crippen LogP contribution in [0, 0.1) is 0 Å². The van der Waals surface area contributed by atoms with Gasteiger partial charge in [-0.25, -0.2) is 4.99 Å². The van der Waals surface area contributed by atoms with E-state index in [4.69, 9.17) is 0 Å². The molecule has 1 atom stereocenters. The number of amides is 1. The van der Waals surface area contributed by atoms with Crippen molar-refractivity contribution >= 4 is 23.6 Å². The SMILES string of the molecule is O=C1NC(=NC2CC2)NC12CCSc1ccccc12. The fourth-order valence-corrected chi connectivity index (χ4v) is 3.92. The van der Waals surface area contributed by atoms with Crippen molar-refractivity contribution < 1.29 is 4.79 Å². The van der Waals surface area contributed by atoms with Crippen molar-refractivity contribution in [3.8, 4) is 0 Å². The summed E-state index contributed by atoms with van der Waals surface area (Å²) in [4.78, 5) is 18.2. The summed E-state index contributed by atoms with van der Waals surface area (Å²) in [6, 6.07) is 8.57. The minimum absolute atomic E-state index is 0.0413. The van der Waals surface area contributed by atoms with Crippen molar-refractivity contribution in [2.75, 3.05) is 5.75 Å². The summed E-state index contributed by atoms with van der Waals surface area (Å²) in [7, 11) is 0. The number of thioether (sulfide) groups is 1. The van der Waals surface area contributed by atoms with E-state index < -0.39 is 5.54 Å². The molecule has 4 nitrogen and oxygen atoms in total. The van der Waals surface area contributed by atoms with Gasteiger partial charge in [-0.2, -0.15) is 0 Å². The quantitative estimate of drug-likeness (QED) is 0.817. The molecule has 0 bridgehead atoms. The predicted molar refractivity (Wildman–Crippen MR) is 75.2 cm³/mol. The Morgan fingerprint density at radius 3 is 3.00 bits per heavy atom. The summed E-state index contributed by atoms with van der Waals surface area (Å²) in [5.41, 5.74) is 0.486. The van der Waals surface area contributed by atoms with Crippen molar-refractivity contribution in [2.45, 2.75) is 35.7 Å². The molecule has 1 aliphatic carbocycles. The van der Waals surface area contributed by atoms with Gasteiger partial charge < -0.3 is 5.32 Å². The molecular formula is C14H15N3OS. The highest BCUT2D eigenvalue weighted by molar-refractivity contribution is 7.99. The van der Waals surface area contributed by atoms with Crippen LogP contribution in [0.1, 0.15) is 24.8 Å². The number of nitrogens with one attached hydrogen (secondary N) is 2. The molecule has 2 fully saturated rings. The lowest BCUT2D eigenvalue weighted by Gasteiger charge is -2.32. The Balaban J connectivity index is 1.76.